The molecule has 5 nitrogen and oxygen atoms in total. The molecule has 7 heteroatoms. The Kier molecular flexibility index (Phi) is 10.6. The molecule has 36 heavy (non-hydrogen) atoms. The van der Waals surface area contributed by atoms with E-state index in [2.05, 4.69) is 12.2 Å². The lowest BCUT2D eigenvalue weighted by Gasteiger charge is -2.32. The largest absolute Gasteiger partial charge is 0.497 e. The van der Waals surface area contributed by atoms with Gasteiger partial charge in [-0.2, -0.15) is 0 Å². The van der Waals surface area contributed by atoms with Crippen LogP contribution in [0.3, 0.4) is 0 Å². The van der Waals surface area contributed by atoms with Crippen LogP contribution in [0.15, 0.2) is 72.8 Å². The van der Waals surface area contributed by atoms with E-state index in [-0.39, 0.29) is 24.8 Å². The molecule has 1 atom stereocenters. The van der Waals surface area contributed by atoms with Gasteiger partial charge in [0.25, 0.3) is 0 Å². The topological polar surface area (TPSA) is 58.6 Å². The first kappa shape index (κ1) is 27.6. The van der Waals surface area contributed by atoms with Crippen molar-refractivity contribution in [2.45, 2.75) is 45.2 Å². The minimum Gasteiger partial charge on any atom is -0.497 e. The Morgan fingerprint density at radius 3 is 2.36 bits per heavy atom. The first-order valence-corrected chi connectivity index (χ1v) is 12.8. The third-order valence-electron chi connectivity index (χ3n) is 5.93. The zero-order chi connectivity index (χ0) is 25.9. The maximum absolute atomic E-state index is 13.8. The number of hydrogen-bond donors (Lipinski definition) is 1. The molecule has 190 valence electrons. The van der Waals surface area contributed by atoms with E-state index in [1.807, 2.05) is 54.6 Å². The number of carbonyl (C=O) groups is 2. The Bertz CT molecular complexity index is 1150. The number of unbranched alkanes of at least 4 members (excludes halogenated alkanes) is 1. The van der Waals surface area contributed by atoms with Crippen LogP contribution in [0.4, 0.5) is 0 Å². The van der Waals surface area contributed by atoms with Crippen molar-refractivity contribution in [3.05, 3.63) is 99.5 Å². The van der Waals surface area contributed by atoms with Crippen LogP contribution in [-0.2, 0) is 29.0 Å². The van der Waals surface area contributed by atoms with Crippen LogP contribution in [0, 0.1) is 0 Å². The molecule has 1 N–H and O–H groups in total. The number of hydrogen-bond acceptors (Lipinski definition) is 3. The second-order valence-corrected chi connectivity index (χ2v) is 9.46. The smallest absolute Gasteiger partial charge is 0.243 e. The van der Waals surface area contributed by atoms with Crippen molar-refractivity contribution < 1.29 is 14.3 Å². The highest BCUT2D eigenvalue weighted by molar-refractivity contribution is 6.42. The lowest BCUT2D eigenvalue weighted by molar-refractivity contribution is -0.140. The monoisotopic (exact) mass is 526 g/mol. The number of amides is 2. The molecule has 0 aliphatic rings. The zero-order valence-corrected chi connectivity index (χ0v) is 22.2. The van der Waals surface area contributed by atoms with E-state index in [0.717, 1.165) is 29.5 Å². The highest BCUT2D eigenvalue weighted by Crippen LogP contribution is 2.24. The number of nitrogens with zero attached hydrogens (tertiary/aromatic N) is 1. The molecule has 0 fully saturated rings. The van der Waals surface area contributed by atoms with Crippen molar-refractivity contribution in [1.29, 1.82) is 0 Å². The molecule has 0 saturated carbocycles. The van der Waals surface area contributed by atoms with Gasteiger partial charge in [0, 0.05) is 19.5 Å². The molecule has 0 radical (unpaired) electrons. The SMILES string of the molecule is CCCCNC(=O)C(Cc1ccccc1)N(Cc1cccc(OC)c1)C(=O)Cc1ccc(Cl)c(Cl)c1. The van der Waals surface area contributed by atoms with Gasteiger partial charge < -0.3 is 15.0 Å². The van der Waals surface area contributed by atoms with Crippen LogP contribution in [0.25, 0.3) is 0 Å². The fraction of sp³-hybridized carbons (Fsp3) is 0.310. The Morgan fingerprint density at radius 2 is 1.67 bits per heavy atom. The summed E-state index contributed by atoms with van der Waals surface area (Å²) >= 11 is 12.3. The zero-order valence-electron chi connectivity index (χ0n) is 20.7. The van der Waals surface area contributed by atoms with E-state index in [9.17, 15) is 9.59 Å². The molecular formula is C29H32Cl2N2O3. The van der Waals surface area contributed by atoms with E-state index >= 15 is 0 Å². The maximum Gasteiger partial charge on any atom is 0.243 e. The minimum absolute atomic E-state index is 0.0917. The lowest BCUT2D eigenvalue weighted by atomic mass is 10.0. The minimum atomic E-state index is -0.689. The molecule has 3 aromatic carbocycles. The quantitative estimate of drug-likeness (QED) is 0.290. The molecule has 3 aromatic rings. The van der Waals surface area contributed by atoms with Gasteiger partial charge in [-0.3, -0.25) is 9.59 Å². The molecule has 1 unspecified atom stereocenters. The molecular weight excluding hydrogens is 495 g/mol. The van der Waals surface area contributed by atoms with Crippen molar-refractivity contribution in [2.24, 2.45) is 0 Å². The van der Waals surface area contributed by atoms with Crippen molar-refractivity contribution in [1.82, 2.24) is 10.2 Å². The normalized spacial score (nSPS) is 11.6. The van der Waals surface area contributed by atoms with Crippen molar-refractivity contribution in [3.63, 3.8) is 0 Å². The Labute approximate surface area is 223 Å². The number of carbonyl (C=O) groups excluding carboxylic acids is 2. The number of nitrogens with one attached hydrogen (secondary N) is 1. The summed E-state index contributed by atoms with van der Waals surface area (Å²) in [6.07, 6.45) is 2.33. The number of halogens is 2. The molecule has 3 rings (SSSR count). The fourth-order valence-corrected chi connectivity index (χ4v) is 4.27. The molecule has 0 aliphatic heterocycles. The highest BCUT2D eigenvalue weighted by Gasteiger charge is 2.30. The summed E-state index contributed by atoms with van der Waals surface area (Å²) in [7, 11) is 1.60. The number of ether oxygens (including phenoxy) is 1. The van der Waals surface area contributed by atoms with Gasteiger partial charge >= 0.3 is 0 Å². The van der Waals surface area contributed by atoms with Gasteiger partial charge in [0.2, 0.25) is 11.8 Å². The third-order valence-corrected chi connectivity index (χ3v) is 6.67. The van der Waals surface area contributed by atoms with E-state index < -0.39 is 6.04 Å². The van der Waals surface area contributed by atoms with Crippen LogP contribution in [-0.4, -0.2) is 36.4 Å². The standard InChI is InChI=1S/C29H32Cl2N2O3/c1-3-4-15-32-29(35)27(18-21-9-6-5-7-10-21)33(20-23-11-8-12-24(16-23)36-2)28(34)19-22-13-14-25(30)26(31)17-22/h5-14,16-17,27H,3-4,15,18-20H2,1-2H3,(H,32,35). The predicted octanol–water partition coefficient (Wildman–Crippen LogP) is 6.10. The van der Waals surface area contributed by atoms with Crippen molar-refractivity contribution >= 4 is 35.0 Å². The van der Waals surface area contributed by atoms with E-state index in [1.54, 1.807) is 30.2 Å². The van der Waals surface area contributed by atoms with Crippen molar-refractivity contribution in [2.75, 3.05) is 13.7 Å². The van der Waals surface area contributed by atoms with E-state index in [0.29, 0.717) is 28.8 Å². The fourth-order valence-electron chi connectivity index (χ4n) is 3.95. The summed E-state index contributed by atoms with van der Waals surface area (Å²) in [6.45, 7) is 2.90. The van der Waals surface area contributed by atoms with Crippen LogP contribution in [0.5, 0.6) is 5.75 Å². The van der Waals surface area contributed by atoms with Crippen LogP contribution >= 0.6 is 23.2 Å². The van der Waals surface area contributed by atoms with Gasteiger partial charge in [0.05, 0.1) is 23.6 Å². The van der Waals surface area contributed by atoms with Gasteiger partial charge in [-0.05, 0) is 47.4 Å². The molecule has 0 spiro atoms. The van der Waals surface area contributed by atoms with Crippen molar-refractivity contribution in [3.8, 4) is 5.75 Å². The second-order valence-electron chi connectivity index (χ2n) is 8.65. The maximum atomic E-state index is 13.8. The van der Waals surface area contributed by atoms with Crippen LogP contribution < -0.4 is 10.1 Å². The summed E-state index contributed by atoms with van der Waals surface area (Å²) in [5, 5.41) is 3.85. The van der Waals surface area contributed by atoms with Gasteiger partial charge in [-0.1, -0.05) is 85.1 Å². The summed E-state index contributed by atoms with van der Waals surface area (Å²) < 4.78 is 5.38. The summed E-state index contributed by atoms with van der Waals surface area (Å²) in [5.74, 6) is 0.344. The molecule has 0 bridgehead atoms. The number of benzene rings is 3. The van der Waals surface area contributed by atoms with E-state index in [1.165, 1.54) is 0 Å². The van der Waals surface area contributed by atoms with Crippen LogP contribution in [0.2, 0.25) is 10.0 Å². The average Bonchev–Trinajstić information content (AvgIpc) is 2.89. The van der Waals surface area contributed by atoms with Gasteiger partial charge in [0.1, 0.15) is 11.8 Å². The van der Waals surface area contributed by atoms with Gasteiger partial charge in [0.15, 0.2) is 0 Å². The predicted molar refractivity (Wildman–Crippen MR) is 146 cm³/mol. The Morgan fingerprint density at radius 1 is 0.917 bits per heavy atom. The van der Waals surface area contributed by atoms with Crippen LogP contribution in [0.1, 0.15) is 36.5 Å². The van der Waals surface area contributed by atoms with Gasteiger partial charge in [-0.15, -0.1) is 0 Å². The first-order chi connectivity index (χ1) is 17.4. The number of rotatable bonds is 12. The first-order valence-electron chi connectivity index (χ1n) is 12.1. The number of methoxy groups -OCH3 is 1. The second kappa shape index (κ2) is 13.9. The molecule has 0 aliphatic carbocycles. The Balaban J connectivity index is 1.96. The lowest BCUT2D eigenvalue weighted by Crippen LogP contribution is -2.51. The van der Waals surface area contributed by atoms with Gasteiger partial charge in [-0.25, -0.2) is 0 Å². The summed E-state index contributed by atoms with van der Waals surface area (Å²) in [4.78, 5) is 28.9. The molecule has 0 saturated heterocycles. The molecule has 0 heterocycles. The summed E-state index contributed by atoms with van der Waals surface area (Å²) in [5.41, 5.74) is 2.58. The summed E-state index contributed by atoms with van der Waals surface area (Å²) in [6, 6.07) is 21.8. The Hall–Kier alpha value is -3.02. The third kappa shape index (κ3) is 8.00. The molecule has 0 aromatic heterocycles. The molecule has 2 amide bonds. The average molecular weight is 527 g/mol. The van der Waals surface area contributed by atoms with E-state index in [4.69, 9.17) is 27.9 Å². The highest BCUT2D eigenvalue weighted by atomic mass is 35.5.